The number of rotatable bonds is 4. The van der Waals surface area contributed by atoms with Crippen LogP contribution in [0.25, 0.3) is 11.5 Å². The molecule has 1 atom stereocenters. The zero-order chi connectivity index (χ0) is 17.9. The molecular formula is C19H27N5O. The molecule has 6 heteroatoms. The molecule has 2 aromatic rings. The van der Waals surface area contributed by atoms with E-state index in [9.17, 15) is 4.79 Å². The van der Waals surface area contributed by atoms with Crippen LogP contribution in [0, 0.1) is 11.3 Å². The largest absolute Gasteiger partial charge is 0.343 e. The number of hydrogen-bond donors (Lipinski definition) is 1. The Morgan fingerprint density at radius 3 is 2.92 bits per heavy atom. The van der Waals surface area contributed by atoms with E-state index in [4.69, 9.17) is 0 Å². The van der Waals surface area contributed by atoms with Crippen LogP contribution in [0.2, 0.25) is 0 Å². The van der Waals surface area contributed by atoms with Crippen LogP contribution in [0.5, 0.6) is 0 Å². The van der Waals surface area contributed by atoms with Gasteiger partial charge in [-0.25, -0.2) is 9.97 Å². The lowest BCUT2D eigenvalue weighted by Crippen LogP contribution is -2.41. The molecule has 1 amide bonds. The van der Waals surface area contributed by atoms with Gasteiger partial charge < -0.3 is 9.88 Å². The van der Waals surface area contributed by atoms with Gasteiger partial charge in [-0.15, -0.1) is 0 Å². The number of H-pyrrole nitrogens is 1. The number of hydrogen-bond acceptors (Lipinski definition) is 4. The number of imidazole rings is 1. The number of nitrogens with one attached hydrogen (secondary N) is 1. The van der Waals surface area contributed by atoms with E-state index in [0.717, 1.165) is 49.6 Å². The normalized spacial score (nSPS) is 18.4. The molecule has 1 fully saturated rings. The van der Waals surface area contributed by atoms with Gasteiger partial charge in [-0.05, 0) is 30.6 Å². The number of nitrogens with zero attached hydrogens (tertiary/aromatic N) is 4. The minimum atomic E-state index is 0.0346. The van der Waals surface area contributed by atoms with E-state index < -0.39 is 0 Å². The summed E-state index contributed by atoms with van der Waals surface area (Å²) in [5.74, 6) is 1.45. The summed E-state index contributed by atoms with van der Waals surface area (Å²) >= 11 is 0. The number of carbonyl (C=O) groups is 1. The second-order valence-electron chi connectivity index (χ2n) is 8.12. The van der Waals surface area contributed by atoms with E-state index in [-0.39, 0.29) is 11.3 Å². The van der Waals surface area contributed by atoms with Crippen molar-refractivity contribution < 1.29 is 4.79 Å². The lowest BCUT2D eigenvalue weighted by Gasteiger charge is -2.34. The van der Waals surface area contributed by atoms with Gasteiger partial charge in [0.2, 0.25) is 5.91 Å². The van der Waals surface area contributed by atoms with Gasteiger partial charge in [-0.3, -0.25) is 9.78 Å². The van der Waals surface area contributed by atoms with Crippen LogP contribution >= 0.6 is 0 Å². The van der Waals surface area contributed by atoms with Crippen LogP contribution in [0.15, 0.2) is 24.8 Å². The van der Waals surface area contributed by atoms with Gasteiger partial charge in [0.1, 0.15) is 5.69 Å². The molecule has 3 rings (SSSR count). The minimum absolute atomic E-state index is 0.0346. The molecule has 0 aromatic carbocycles. The average Bonchev–Trinajstić information content (AvgIpc) is 3.08. The predicted molar refractivity (Wildman–Crippen MR) is 96.7 cm³/mol. The van der Waals surface area contributed by atoms with E-state index in [1.807, 2.05) is 11.1 Å². The highest BCUT2D eigenvalue weighted by molar-refractivity contribution is 5.76. The quantitative estimate of drug-likeness (QED) is 0.927. The fourth-order valence-electron chi connectivity index (χ4n) is 3.34. The third kappa shape index (κ3) is 4.87. The number of piperidine rings is 1. The van der Waals surface area contributed by atoms with Crippen LogP contribution in [0.1, 0.15) is 45.7 Å². The van der Waals surface area contributed by atoms with Crippen LogP contribution in [-0.4, -0.2) is 43.8 Å². The van der Waals surface area contributed by atoms with E-state index in [1.54, 1.807) is 18.6 Å². The molecule has 0 unspecified atom stereocenters. The minimum Gasteiger partial charge on any atom is -0.343 e. The average molecular weight is 341 g/mol. The molecule has 25 heavy (non-hydrogen) atoms. The summed E-state index contributed by atoms with van der Waals surface area (Å²) in [6.07, 6.45) is 10.7. The van der Waals surface area contributed by atoms with Crippen molar-refractivity contribution in [2.45, 2.75) is 46.5 Å². The van der Waals surface area contributed by atoms with E-state index in [0.29, 0.717) is 12.3 Å². The number of aromatic amines is 1. The first-order valence-corrected chi connectivity index (χ1v) is 8.99. The molecular weight excluding hydrogens is 314 g/mol. The third-order valence-electron chi connectivity index (χ3n) is 4.48. The smallest absolute Gasteiger partial charge is 0.223 e. The lowest BCUT2D eigenvalue weighted by molar-refractivity contribution is -0.134. The van der Waals surface area contributed by atoms with Crippen molar-refractivity contribution in [1.29, 1.82) is 0 Å². The molecule has 134 valence electrons. The molecule has 0 radical (unpaired) electrons. The van der Waals surface area contributed by atoms with Gasteiger partial charge in [0.25, 0.3) is 0 Å². The molecule has 0 spiro atoms. The zero-order valence-electron chi connectivity index (χ0n) is 15.3. The topological polar surface area (TPSA) is 74.8 Å². The highest BCUT2D eigenvalue weighted by atomic mass is 16.2. The van der Waals surface area contributed by atoms with Crippen molar-refractivity contribution in [2.24, 2.45) is 11.3 Å². The summed E-state index contributed by atoms with van der Waals surface area (Å²) in [4.78, 5) is 30.8. The van der Waals surface area contributed by atoms with E-state index >= 15 is 0 Å². The Morgan fingerprint density at radius 2 is 2.20 bits per heavy atom. The van der Waals surface area contributed by atoms with E-state index in [2.05, 4.69) is 40.7 Å². The standard InChI is InChI=1S/C19H27N5O/c1-19(2,3)10-17(25)24-8-4-5-14(13-24)9-15-11-20-12-16(23-15)18-21-6-7-22-18/h6-7,11-12,14H,4-5,8-10,13H2,1-3H3,(H,21,22)/t14-/m0/s1. The first kappa shape index (κ1) is 17.6. The molecule has 3 heterocycles. The maximum absolute atomic E-state index is 12.5. The van der Waals surface area contributed by atoms with E-state index in [1.165, 1.54) is 0 Å². The Balaban J connectivity index is 1.63. The van der Waals surface area contributed by atoms with Gasteiger partial charge in [0.05, 0.1) is 11.9 Å². The first-order chi connectivity index (χ1) is 11.9. The maximum atomic E-state index is 12.5. The summed E-state index contributed by atoms with van der Waals surface area (Å²) in [5.41, 5.74) is 1.76. The molecule has 0 bridgehead atoms. The summed E-state index contributed by atoms with van der Waals surface area (Å²) in [6, 6.07) is 0. The van der Waals surface area contributed by atoms with Gasteiger partial charge in [0.15, 0.2) is 5.82 Å². The Kier molecular flexibility index (Phi) is 5.16. The lowest BCUT2D eigenvalue weighted by atomic mass is 9.89. The Morgan fingerprint density at radius 1 is 1.36 bits per heavy atom. The molecule has 0 aliphatic carbocycles. The maximum Gasteiger partial charge on any atom is 0.223 e. The Labute approximate surface area is 149 Å². The number of amides is 1. The predicted octanol–water partition coefficient (Wildman–Crippen LogP) is 3.08. The SMILES string of the molecule is CC(C)(C)CC(=O)N1CCC[C@@H](Cc2cncc(-c3ncc[nH]3)n2)C1. The van der Waals surface area contributed by atoms with Gasteiger partial charge in [-0.2, -0.15) is 0 Å². The van der Waals surface area contributed by atoms with Crippen molar-refractivity contribution >= 4 is 5.91 Å². The molecule has 1 aliphatic rings. The molecule has 0 saturated carbocycles. The van der Waals surface area contributed by atoms with Gasteiger partial charge >= 0.3 is 0 Å². The van der Waals surface area contributed by atoms with Crippen LogP contribution in [-0.2, 0) is 11.2 Å². The first-order valence-electron chi connectivity index (χ1n) is 8.99. The van der Waals surface area contributed by atoms with Crippen molar-refractivity contribution in [3.8, 4) is 11.5 Å². The van der Waals surface area contributed by atoms with Crippen molar-refractivity contribution in [3.63, 3.8) is 0 Å². The zero-order valence-corrected chi connectivity index (χ0v) is 15.3. The summed E-state index contributed by atoms with van der Waals surface area (Å²) in [6.45, 7) is 8.04. The number of likely N-dealkylation sites (tertiary alicyclic amines) is 1. The molecule has 1 N–H and O–H groups in total. The summed E-state index contributed by atoms with van der Waals surface area (Å²) in [5, 5.41) is 0. The number of aromatic nitrogens is 4. The molecule has 1 aliphatic heterocycles. The fraction of sp³-hybridized carbons (Fsp3) is 0.579. The third-order valence-corrected chi connectivity index (χ3v) is 4.48. The fourth-order valence-corrected chi connectivity index (χ4v) is 3.34. The highest BCUT2D eigenvalue weighted by Gasteiger charge is 2.27. The summed E-state index contributed by atoms with van der Waals surface area (Å²) in [7, 11) is 0. The van der Waals surface area contributed by atoms with Crippen molar-refractivity contribution in [2.75, 3.05) is 13.1 Å². The Bertz CT molecular complexity index is 705. The van der Waals surface area contributed by atoms with Crippen LogP contribution < -0.4 is 0 Å². The van der Waals surface area contributed by atoms with Crippen molar-refractivity contribution in [3.05, 3.63) is 30.5 Å². The monoisotopic (exact) mass is 341 g/mol. The van der Waals surface area contributed by atoms with Crippen LogP contribution in [0.4, 0.5) is 0 Å². The summed E-state index contributed by atoms with van der Waals surface area (Å²) < 4.78 is 0. The second kappa shape index (κ2) is 7.33. The van der Waals surface area contributed by atoms with Crippen LogP contribution in [0.3, 0.4) is 0 Å². The second-order valence-corrected chi connectivity index (χ2v) is 8.12. The molecule has 1 saturated heterocycles. The van der Waals surface area contributed by atoms with Crippen molar-refractivity contribution in [1.82, 2.24) is 24.8 Å². The number of carbonyl (C=O) groups excluding carboxylic acids is 1. The Hall–Kier alpha value is -2.24. The van der Waals surface area contributed by atoms with Gasteiger partial charge in [-0.1, -0.05) is 20.8 Å². The molecule has 6 nitrogen and oxygen atoms in total. The molecule has 2 aromatic heterocycles. The van der Waals surface area contributed by atoms with Gasteiger partial charge in [0, 0.05) is 38.1 Å². The highest BCUT2D eigenvalue weighted by Crippen LogP contribution is 2.25.